The maximum atomic E-state index is 16.9. The first kappa shape index (κ1) is 26.3. The molecule has 5 rings (SSSR count). The van der Waals surface area contributed by atoms with Crippen molar-refractivity contribution >= 4 is 11.1 Å². The van der Waals surface area contributed by atoms with Crippen molar-refractivity contribution < 1.29 is 39.5 Å². The molecule has 0 aromatic heterocycles. The van der Waals surface area contributed by atoms with Crippen LogP contribution in [0.3, 0.4) is 0 Å². The Morgan fingerprint density at radius 3 is 1.79 bits per heavy atom. The van der Waals surface area contributed by atoms with Crippen LogP contribution in [0.5, 0.6) is 0 Å². The van der Waals surface area contributed by atoms with Gasteiger partial charge in [0.1, 0.15) is 58.1 Å². The third-order valence-electron chi connectivity index (χ3n) is 6.66. The van der Waals surface area contributed by atoms with Crippen LogP contribution in [0.1, 0.15) is 22.3 Å². The van der Waals surface area contributed by atoms with Crippen LogP contribution in [0.25, 0.3) is 11.1 Å². The van der Waals surface area contributed by atoms with Gasteiger partial charge in [0.15, 0.2) is 0 Å². The molecular weight excluding hydrogens is 531 g/mol. The number of rotatable bonds is 4. The normalized spacial score (nSPS) is 19.6. The first-order valence-corrected chi connectivity index (χ1v) is 11.4. The highest BCUT2D eigenvalue weighted by Gasteiger charge is 2.57. The Bertz CT molecular complexity index is 1650. The molecule has 0 heterocycles. The van der Waals surface area contributed by atoms with Gasteiger partial charge in [-0.3, -0.25) is 0 Å². The molecular formula is C30H15F9. The fraction of sp³-hybridized carbons (Fsp3) is 0.0667. The molecule has 1 aliphatic carbocycles. The van der Waals surface area contributed by atoms with Crippen LogP contribution in [0.4, 0.5) is 39.5 Å². The minimum absolute atomic E-state index is 0.322. The van der Waals surface area contributed by atoms with Gasteiger partial charge in [-0.25, -0.2) is 39.5 Å². The van der Waals surface area contributed by atoms with Gasteiger partial charge in [0.25, 0.3) is 0 Å². The van der Waals surface area contributed by atoms with Gasteiger partial charge in [-0.05, 0) is 54.1 Å². The van der Waals surface area contributed by atoms with Crippen LogP contribution < -0.4 is 0 Å². The van der Waals surface area contributed by atoms with E-state index in [0.29, 0.717) is 36.4 Å². The number of allylic oxidation sites excluding steroid dienone is 4. The number of hydrogen-bond donors (Lipinski definition) is 0. The number of benzene rings is 4. The zero-order chi connectivity index (χ0) is 28.1. The fourth-order valence-corrected chi connectivity index (χ4v) is 4.94. The molecule has 9 heteroatoms. The van der Waals surface area contributed by atoms with E-state index in [2.05, 4.69) is 0 Å². The molecule has 39 heavy (non-hydrogen) atoms. The predicted molar refractivity (Wildman–Crippen MR) is 127 cm³/mol. The van der Waals surface area contributed by atoms with Crippen molar-refractivity contribution in [2.24, 2.45) is 0 Å². The van der Waals surface area contributed by atoms with E-state index in [1.165, 1.54) is 12.1 Å². The molecule has 4 aromatic rings. The fourth-order valence-electron chi connectivity index (χ4n) is 4.94. The minimum atomic E-state index is -3.23. The quantitative estimate of drug-likeness (QED) is 0.224. The van der Waals surface area contributed by atoms with Crippen LogP contribution >= 0.6 is 0 Å². The predicted octanol–water partition coefficient (Wildman–Crippen LogP) is 8.92. The molecule has 0 saturated heterocycles. The van der Waals surface area contributed by atoms with Crippen molar-refractivity contribution in [2.75, 3.05) is 0 Å². The molecule has 0 spiro atoms. The van der Waals surface area contributed by atoms with Crippen LogP contribution in [0, 0.1) is 34.9 Å². The van der Waals surface area contributed by atoms with Gasteiger partial charge in [-0.2, -0.15) is 0 Å². The van der Waals surface area contributed by atoms with Gasteiger partial charge in [-0.15, -0.1) is 0 Å². The highest BCUT2D eigenvalue weighted by molar-refractivity contribution is 5.95. The second kappa shape index (κ2) is 9.80. The Kier molecular flexibility index (Phi) is 6.62. The van der Waals surface area contributed by atoms with Crippen molar-refractivity contribution in [3.8, 4) is 0 Å². The Morgan fingerprint density at radius 2 is 1.13 bits per heavy atom. The van der Waals surface area contributed by atoms with Crippen LogP contribution in [0.15, 0.2) is 96.6 Å². The standard InChI is InChI=1S/C30H15F9/c31-16-7-5-15(6-8-16)25-27(37)26(19-11-9-18(33)14-24(19)36)29(39)30(28(25)38,20-3-1-2-4-22(20)34)21-13-17(32)10-12-23(21)35/h1-14,29H. The molecule has 0 N–H and O–H groups in total. The molecule has 0 aliphatic heterocycles. The molecule has 0 saturated carbocycles. The van der Waals surface area contributed by atoms with Gasteiger partial charge < -0.3 is 0 Å². The molecule has 4 aromatic carbocycles. The van der Waals surface area contributed by atoms with Crippen LogP contribution in [-0.4, -0.2) is 6.17 Å². The van der Waals surface area contributed by atoms with Crippen molar-refractivity contribution in [3.63, 3.8) is 0 Å². The van der Waals surface area contributed by atoms with Crippen LogP contribution in [0.2, 0.25) is 0 Å². The average Bonchev–Trinajstić information content (AvgIpc) is 2.89. The third kappa shape index (κ3) is 4.13. The number of alkyl halides is 1. The van der Waals surface area contributed by atoms with E-state index in [0.717, 1.165) is 36.4 Å². The van der Waals surface area contributed by atoms with E-state index in [1.54, 1.807) is 0 Å². The summed E-state index contributed by atoms with van der Waals surface area (Å²) in [4.78, 5) is 0. The molecule has 198 valence electrons. The summed E-state index contributed by atoms with van der Waals surface area (Å²) >= 11 is 0. The van der Waals surface area contributed by atoms with Gasteiger partial charge >= 0.3 is 0 Å². The third-order valence-corrected chi connectivity index (χ3v) is 6.66. The molecule has 0 radical (unpaired) electrons. The molecule has 0 nitrogen and oxygen atoms in total. The summed E-state index contributed by atoms with van der Waals surface area (Å²) in [6.07, 6.45) is -3.10. The lowest BCUT2D eigenvalue weighted by atomic mass is 9.62. The summed E-state index contributed by atoms with van der Waals surface area (Å²) in [5, 5.41) is 0. The van der Waals surface area contributed by atoms with Crippen molar-refractivity contribution in [2.45, 2.75) is 11.6 Å². The monoisotopic (exact) mass is 546 g/mol. The van der Waals surface area contributed by atoms with Gasteiger partial charge in [0, 0.05) is 28.3 Å². The van der Waals surface area contributed by atoms with E-state index in [-0.39, 0.29) is 0 Å². The summed E-state index contributed by atoms with van der Waals surface area (Å²) in [6.45, 7) is 0. The molecule has 0 bridgehead atoms. The SMILES string of the molecule is FC1=C(c2ccc(F)cc2F)C(F)C(c2ccccc2F)(c2cc(F)ccc2F)C(F)=C1c1ccc(F)cc1. The zero-order valence-electron chi connectivity index (χ0n) is 19.6. The summed E-state index contributed by atoms with van der Waals surface area (Å²) in [5.41, 5.74) is -8.68. The molecule has 2 atom stereocenters. The number of halogens is 9. The molecule has 2 unspecified atom stereocenters. The summed E-state index contributed by atoms with van der Waals surface area (Å²) in [6, 6.07) is 10.9. The zero-order valence-corrected chi connectivity index (χ0v) is 19.6. The lowest BCUT2D eigenvalue weighted by molar-refractivity contribution is 0.259. The topological polar surface area (TPSA) is 0 Å². The summed E-state index contributed by atoms with van der Waals surface area (Å²) in [5.74, 6) is -10.6. The van der Waals surface area contributed by atoms with Gasteiger partial charge in [-0.1, -0.05) is 30.3 Å². The maximum Gasteiger partial charge on any atom is 0.149 e. The minimum Gasteiger partial charge on any atom is -0.240 e. The van der Waals surface area contributed by atoms with Crippen molar-refractivity contribution in [3.05, 3.63) is 154 Å². The van der Waals surface area contributed by atoms with Gasteiger partial charge in [0.05, 0.1) is 5.57 Å². The smallest absolute Gasteiger partial charge is 0.149 e. The summed E-state index contributed by atoms with van der Waals surface area (Å²) < 4.78 is 137. The first-order chi connectivity index (χ1) is 18.6. The average molecular weight is 546 g/mol. The second-order valence-corrected chi connectivity index (χ2v) is 8.82. The Labute approximate surface area is 216 Å². The summed E-state index contributed by atoms with van der Waals surface area (Å²) in [7, 11) is 0. The molecule has 0 amide bonds. The van der Waals surface area contributed by atoms with E-state index < -0.39 is 91.5 Å². The lowest BCUT2D eigenvalue weighted by Gasteiger charge is -2.42. The second-order valence-electron chi connectivity index (χ2n) is 8.82. The maximum absolute atomic E-state index is 16.9. The van der Waals surface area contributed by atoms with Gasteiger partial charge in [0.2, 0.25) is 0 Å². The van der Waals surface area contributed by atoms with E-state index in [1.807, 2.05) is 0 Å². The highest BCUT2D eigenvalue weighted by Crippen LogP contribution is 2.57. The molecule has 1 aliphatic rings. The van der Waals surface area contributed by atoms with E-state index in [4.69, 9.17) is 0 Å². The largest absolute Gasteiger partial charge is 0.240 e. The first-order valence-electron chi connectivity index (χ1n) is 11.4. The Morgan fingerprint density at radius 1 is 0.538 bits per heavy atom. The van der Waals surface area contributed by atoms with Crippen molar-refractivity contribution in [1.82, 2.24) is 0 Å². The van der Waals surface area contributed by atoms with Crippen LogP contribution in [-0.2, 0) is 5.41 Å². The lowest BCUT2D eigenvalue weighted by Crippen LogP contribution is -2.44. The Balaban J connectivity index is 2.00. The Hall–Kier alpha value is -4.27. The van der Waals surface area contributed by atoms with E-state index in [9.17, 15) is 17.6 Å². The highest BCUT2D eigenvalue weighted by atomic mass is 19.2. The molecule has 0 fully saturated rings. The number of hydrogen-bond acceptors (Lipinski definition) is 0. The van der Waals surface area contributed by atoms with Crippen molar-refractivity contribution in [1.29, 1.82) is 0 Å². The van der Waals surface area contributed by atoms with E-state index >= 15 is 22.0 Å².